The van der Waals surface area contributed by atoms with Gasteiger partial charge in [-0.3, -0.25) is 9.59 Å². The number of carbonyl (C=O) groups excluding carboxylic acids is 2. The van der Waals surface area contributed by atoms with Crippen molar-refractivity contribution in [2.45, 2.75) is 116 Å². The SMILES string of the molecule is CCC(C)(C)C(=O)O[C@H]1C[C@](C)(O)[C@@H](O)[C@@H]2CC[C@H](C)[C@H](CC[C@@H]3C[C@@H](O)CC(=O)O3)[C@H]21. The lowest BCUT2D eigenvalue weighted by Gasteiger charge is -2.54. The van der Waals surface area contributed by atoms with Crippen LogP contribution in [0.5, 0.6) is 0 Å². The molecule has 2 saturated carbocycles. The van der Waals surface area contributed by atoms with E-state index < -0.39 is 29.3 Å². The number of hydrogen-bond acceptors (Lipinski definition) is 7. The Hall–Kier alpha value is -1.18. The Labute approximate surface area is 191 Å². The third kappa shape index (κ3) is 5.31. The quantitative estimate of drug-likeness (QED) is 0.529. The molecule has 0 amide bonds. The van der Waals surface area contributed by atoms with Gasteiger partial charge in [-0.25, -0.2) is 0 Å². The van der Waals surface area contributed by atoms with Crippen LogP contribution in [0.2, 0.25) is 0 Å². The van der Waals surface area contributed by atoms with Crippen molar-refractivity contribution in [1.82, 2.24) is 0 Å². The lowest BCUT2D eigenvalue weighted by molar-refractivity contribution is -0.213. The number of aliphatic hydroxyl groups excluding tert-OH is 2. The molecule has 0 aromatic carbocycles. The zero-order valence-electron chi connectivity index (χ0n) is 20.3. The fourth-order valence-electron chi connectivity index (χ4n) is 6.06. The Bertz CT molecular complexity index is 688. The van der Waals surface area contributed by atoms with E-state index in [0.717, 1.165) is 19.3 Å². The molecule has 7 heteroatoms. The number of aliphatic hydroxyl groups is 3. The molecule has 0 radical (unpaired) electrons. The number of ether oxygens (including phenoxy) is 2. The van der Waals surface area contributed by atoms with Gasteiger partial charge in [0.15, 0.2) is 0 Å². The van der Waals surface area contributed by atoms with Crippen molar-refractivity contribution in [2.75, 3.05) is 0 Å². The Balaban J connectivity index is 1.81. The third-order valence-corrected chi connectivity index (χ3v) is 8.51. The smallest absolute Gasteiger partial charge is 0.311 e. The van der Waals surface area contributed by atoms with Gasteiger partial charge in [-0.1, -0.05) is 20.3 Å². The maximum atomic E-state index is 12.9. The molecule has 3 N–H and O–H groups in total. The van der Waals surface area contributed by atoms with E-state index in [2.05, 4.69) is 6.92 Å². The average Bonchev–Trinajstić information content (AvgIpc) is 2.69. The van der Waals surface area contributed by atoms with Gasteiger partial charge in [-0.05, 0) is 64.2 Å². The Kier molecular flexibility index (Phi) is 7.63. The van der Waals surface area contributed by atoms with Crippen LogP contribution in [0.25, 0.3) is 0 Å². The number of rotatable bonds is 6. The molecule has 0 bridgehead atoms. The minimum atomic E-state index is -1.31. The van der Waals surface area contributed by atoms with E-state index in [0.29, 0.717) is 25.2 Å². The van der Waals surface area contributed by atoms with Crippen LogP contribution in [0.4, 0.5) is 0 Å². The van der Waals surface area contributed by atoms with E-state index in [-0.39, 0.29) is 48.6 Å². The highest BCUT2D eigenvalue weighted by Crippen LogP contribution is 2.52. The van der Waals surface area contributed by atoms with Crippen LogP contribution in [0, 0.1) is 29.1 Å². The van der Waals surface area contributed by atoms with Gasteiger partial charge in [0, 0.05) is 18.8 Å². The molecule has 9 atom stereocenters. The Morgan fingerprint density at radius 1 is 1.25 bits per heavy atom. The Morgan fingerprint density at radius 3 is 2.56 bits per heavy atom. The summed E-state index contributed by atoms with van der Waals surface area (Å²) in [5.41, 5.74) is -1.92. The van der Waals surface area contributed by atoms with Crippen molar-refractivity contribution in [1.29, 1.82) is 0 Å². The molecule has 1 heterocycles. The van der Waals surface area contributed by atoms with Gasteiger partial charge in [0.2, 0.25) is 0 Å². The fraction of sp³-hybridized carbons (Fsp3) is 0.920. The predicted octanol–water partition coefficient (Wildman–Crippen LogP) is 2.98. The summed E-state index contributed by atoms with van der Waals surface area (Å²) < 4.78 is 11.5. The predicted molar refractivity (Wildman–Crippen MR) is 118 cm³/mol. The van der Waals surface area contributed by atoms with Gasteiger partial charge in [0.05, 0.1) is 29.6 Å². The second-order valence-corrected chi connectivity index (χ2v) is 11.4. The third-order valence-electron chi connectivity index (χ3n) is 8.51. The van der Waals surface area contributed by atoms with E-state index in [1.54, 1.807) is 6.92 Å². The van der Waals surface area contributed by atoms with E-state index >= 15 is 0 Å². The standard InChI is InChI=1S/C25H42O7/c1-6-24(3,4)23(29)32-19-13-25(5,30)22(28)18-9-7-14(2)17(21(18)19)10-8-16-11-15(26)12-20(27)31-16/h14-19,21-22,26,28,30H,6-13H2,1-5H3/t14-,15+,16+,17-,18+,19-,21+,22-,25-/m0/s1. The summed E-state index contributed by atoms with van der Waals surface area (Å²) in [6.07, 6.45) is 2.15. The summed E-state index contributed by atoms with van der Waals surface area (Å²) in [5.74, 6) is -0.314. The van der Waals surface area contributed by atoms with Crippen molar-refractivity contribution in [3.8, 4) is 0 Å². The summed E-state index contributed by atoms with van der Waals surface area (Å²) >= 11 is 0. The highest BCUT2D eigenvalue weighted by atomic mass is 16.6. The van der Waals surface area contributed by atoms with Gasteiger partial charge in [-0.15, -0.1) is 0 Å². The van der Waals surface area contributed by atoms with Crippen LogP contribution < -0.4 is 0 Å². The maximum absolute atomic E-state index is 12.9. The molecule has 1 aliphatic heterocycles. The number of esters is 2. The molecular formula is C25H42O7. The summed E-state index contributed by atoms with van der Waals surface area (Å²) in [7, 11) is 0. The first-order valence-electron chi connectivity index (χ1n) is 12.3. The van der Waals surface area contributed by atoms with E-state index in [9.17, 15) is 24.9 Å². The molecule has 7 nitrogen and oxygen atoms in total. The lowest BCUT2D eigenvalue weighted by Crippen LogP contribution is -2.60. The van der Waals surface area contributed by atoms with Crippen LogP contribution in [0.3, 0.4) is 0 Å². The zero-order valence-corrected chi connectivity index (χ0v) is 20.3. The summed E-state index contributed by atoms with van der Waals surface area (Å²) in [4.78, 5) is 24.7. The van der Waals surface area contributed by atoms with Crippen molar-refractivity contribution in [3.63, 3.8) is 0 Å². The van der Waals surface area contributed by atoms with Crippen LogP contribution in [-0.2, 0) is 19.1 Å². The second kappa shape index (κ2) is 9.59. The normalized spacial score (nSPS) is 42.7. The van der Waals surface area contributed by atoms with Gasteiger partial charge in [-0.2, -0.15) is 0 Å². The number of cyclic esters (lactones) is 1. The summed E-state index contributed by atoms with van der Waals surface area (Å²) in [5, 5.41) is 31.9. The first kappa shape index (κ1) is 25.4. The molecule has 3 fully saturated rings. The van der Waals surface area contributed by atoms with Crippen molar-refractivity contribution >= 4 is 11.9 Å². The molecule has 0 unspecified atom stereocenters. The van der Waals surface area contributed by atoms with E-state index in [1.165, 1.54) is 0 Å². The Morgan fingerprint density at radius 2 is 1.94 bits per heavy atom. The molecular weight excluding hydrogens is 412 g/mol. The number of carbonyl (C=O) groups is 2. The molecule has 2 aliphatic carbocycles. The highest BCUT2D eigenvalue weighted by Gasteiger charge is 2.55. The lowest BCUT2D eigenvalue weighted by atomic mass is 9.56. The first-order chi connectivity index (χ1) is 14.9. The zero-order chi connectivity index (χ0) is 23.8. The minimum Gasteiger partial charge on any atom is -0.462 e. The van der Waals surface area contributed by atoms with Crippen LogP contribution in [0.15, 0.2) is 0 Å². The summed E-state index contributed by atoms with van der Waals surface area (Å²) in [6.45, 7) is 9.51. The second-order valence-electron chi connectivity index (χ2n) is 11.4. The monoisotopic (exact) mass is 454 g/mol. The van der Waals surface area contributed by atoms with Crippen LogP contribution in [-0.4, -0.2) is 57.3 Å². The number of hydrogen-bond donors (Lipinski definition) is 3. The molecule has 0 spiro atoms. The minimum absolute atomic E-state index is 0.0492. The molecule has 0 aromatic heterocycles. The van der Waals surface area contributed by atoms with Crippen LogP contribution in [0.1, 0.15) is 86.0 Å². The van der Waals surface area contributed by atoms with Gasteiger partial charge in [0.25, 0.3) is 0 Å². The average molecular weight is 455 g/mol. The van der Waals surface area contributed by atoms with E-state index in [1.807, 2.05) is 20.8 Å². The molecule has 3 rings (SSSR count). The van der Waals surface area contributed by atoms with E-state index in [4.69, 9.17) is 9.47 Å². The van der Waals surface area contributed by atoms with Gasteiger partial charge < -0.3 is 24.8 Å². The molecule has 0 aromatic rings. The van der Waals surface area contributed by atoms with Crippen LogP contribution >= 0.6 is 0 Å². The molecule has 32 heavy (non-hydrogen) atoms. The van der Waals surface area contributed by atoms with Gasteiger partial charge >= 0.3 is 11.9 Å². The molecule has 3 aliphatic rings. The van der Waals surface area contributed by atoms with Crippen molar-refractivity contribution in [3.05, 3.63) is 0 Å². The van der Waals surface area contributed by atoms with Gasteiger partial charge in [0.1, 0.15) is 12.2 Å². The largest absolute Gasteiger partial charge is 0.462 e. The topological polar surface area (TPSA) is 113 Å². The molecule has 1 saturated heterocycles. The maximum Gasteiger partial charge on any atom is 0.311 e. The number of fused-ring (bicyclic) bond motifs is 1. The highest BCUT2D eigenvalue weighted by molar-refractivity contribution is 5.76. The van der Waals surface area contributed by atoms with Crippen molar-refractivity contribution in [2.24, 2.45) is 29.1 Å². The van der Waals surface area contributed by atoms with Crippen molar-refractivity contribution < 1.29 is 34.4 Å². The molecule has 184 valence electrons. The fourth-order valence-corrected chi connectivity index (χ4v) is 6.06. The summed E-state index contributed by atoms with van der Waals surface area (Å²) in [6, 6.07) is 0. The first-order valence-corrected chi connectivity index (χ1v) is 12.3.